The third-order valence-electron chi connectivity index (χ3n) is 6.14. The normalized spacial score (nSPS) is 11.6. The number of aryl methyl sites for hydroxylation is 2. The Hall–Kier alpha value is -3.61. The highest BCUT2D eigenvalue weighted by Crippen LogP contribution is 2.31. The van der Waals surface area contributed by atoms with Crippen molar-refractivity contribution in [1.82, 2.24) is 0 Å². The smallest absolute Gasteiger partial charge is 0.493 e. The number of halogens is 5. The molecule has 37 heavy (non-hydrogen) atoms. The molecule has 194 valence electrons. The highest BCUT2D eigenvalue weighted by Gasteiger charge is 2.30. The molecule has 4 rings (SSSR count). The molecule has 0 aliphatic rings. The van der Waals surface area contributed by atoms with E-state index in [1.165, 1.54) is 30.3 Å². The second-order valence-corrected chi connectivity index (χ2v) is 8.86. The topological polar surface area (TPSA) is 18.5 Å². The van der Waals surface area contributed by atoms with Gasteiger partial charge in [-0.25, -0.2) is 8.78 Å². The van der Waals surface area contributed by atoms with Crippen molar-refractivity contribution in [3.05, 3.63) is 95.6 Å². The summed E-state index contributed by atoms with van der Waals surface area (Å²) in [6.45, 7) is 2.65. The van der Waals surface area contributed by atoms with Gasteiger partial charge in [0, 0.05) is 17.0 Å². The van der Waals surface area contributed by atoms with Gasteiger partial charge in [0.15, 0.2) is 0 Å². The maximum atomic E-state index is 15.2. The second kappa shape index (κ2) is 11.6. The molecule has 0 unspecified atom stereocenters. The largest absolute Gasteiger partial charge is 0.573 e. The van der Waals surface area contributed by atoms with Crippen molar-refractivity contribution >= 4 is 10.8 Å². The van der Waals surface area contributed by atoms with Crippen LogP contribution in [0.15, 0.2) is 72.8 Å². The monoisotopic (exact) mass is 514 g/mol. The molecule has 0 aromatic heterocycles. The van der Waals surface area contributed by atoms with E-state index >= 15 is 4.39 Å². The molecule has 0 bridgehead atoms. The maximum Gasteiger partial charge on any atom is 0.573 e. The minimum Gasteiger partial charge on any atom is -0.493 e. The lowest BCUT2D eigenvalue weighted by Crippen LogP contribution is -2.17. The molecule has 0 amide bonds. The number of hydrogen-bond acceptors (Lipinski definition) is 2. The molecule has 0 radical (unpaired) electrons. The molecule has 7 heteroatoms. The van der Waals surface area contributed by atoms with E-state index in [0.29, 0.717) is 52.7 Å². The summed E-state index contributed by atoms with van der Waals surface area (Å²) in [6.07, 6.45) is -0.862. The van der Waals surface area contributed by atoms with Gasteiger partial charge in [-0.15, -0.1) is 13.2 Å². The minimum atomic E-state index is -4.74. The SMILES string of the molecule is CCCCCOc1ccc(-c2ccc3c(F)c(CCc4ccc(OC(F)(F)F)cc4)ccc3c2)c(F)c1. The quantitative estimate of drug-likeness (QED) is 0.155. The van der Waals surface area contributed by atoms with Crippen molar-refractivity contribution in [3.63, 3.8) is 0 Å². The van der Waals surface area contributed by atoms with Gasteiger partial charge in [0.1, 0.15) is 23.1 Å². The Labute approximate surface area is 212 Å². The summed E-state index contributed by atoms with van der Waals surface area (Å²) in [5.74, 6) is -0.584. The van der Waals surface area contributed by atoms with Crippen LogP contribution < -0.4 is 9.47 Å². The summed E-state index contributed by atoms with van der Waals surface area (Å²) in [5.41, 5.74) is 2.30. The van der Waals surface area contributed by atoms with E-state index < -0.39 is 12.2 Å². The van der Waals surface area contributed by atoms with Crippen molar-refractivity contribution in [2.24, 2.45) is 0 Å². The van der Waals surface area contributed by atoms with Crippen LogP contribution in [0.2, 0.25) is 0 Å². The van der Waals surface area contributed by atoms with Gasteiger partial charge in [0.2, 0.25) is 0 Å². The third kappa shape index (κ3) is 7.00. The lowest BCUT2D eigenvalue weighted by atomic mass is 9.97. The van der Waals surface area contributed by atoms with Crippen LogP contribution >= 0.6 is 0 Å². The van der Waals surface area contributed by atoms with Crippen molar-refractivity contribution in [3.8, 4) is 22.6 Å². The molecule has 4 aromatic rings. The van der Waals surface area contributed by atoms with Crippen LogP contribution in [0.25, 0.3) is 21.9 Å². The Kier molecular flexibility index (Phi) is 8.31. The molecule has 0 saturated heterocycles. The highest BCUT2D eigenvalue weighted by molar-refractivity contribution is 5.88. The van der Waals surface area contributed by atoms with Crippen molar-refractivity contribution in [1.29, 1.82) is 0 Å². The van der Waals surface area contributed by atoms with Crippen LogP contribution in [0.5, 0.6) is 11.5 Å². The van der Waals surface area contributed by atoms with Crippen LogP contribution in [0, 0.1) is 11.6 Å². The first-order valence-electron chi connectivity index (χ1n) is 12.2. The summed E-state index contributed by atoms with van der Waals surface area (Å²) in [6, 6.07) is 18.9. The molecular formula is C30H27F5O2. The zero-order chi connectivity index (χ0) is 26.4. The predicted molar refractivity (Wildman–Crippen MR) is 135 cm³/mol. The molecule has 0 atom stereocenters. The molecule has 0 saturated carbocycles. The van der Waals surface area contributed by atoms with Crippen LogP contribution in [-0.4, -0.2) is 13.0 Å². The lowest BCUT2D eigenvalue weighted by molar-refractivity contribution is -0.274. The van der Waals surface area contributed by atoms with E-state index in [4.69, 9.17) is 4.74 Å². The van der Waals surface area contributed by atoms with Crippen molar-refractivity contribution in [2.75, 3.05) is 6.61 Å². The Morgan fingerprint density at radius 1 is 0.757 bits per heavy atom. The minimum absolute atomic E-state index is 0.297. The average molecular weight is 515 g/mol. The van der Waals surface area contributed by atoms with Crippen LogP contribution in [0.3, 0.4) is 0 Å². The van der Waals surface area contributed by atoms with Gasteiger partial charge < -0.3 is 9.47 Å². The van der Waals surface area contributed by atoms with E-state index in [1.54, 1.807) is 42.5 Å². The second-order valence-electron chi connectivity index (χ2n) is 8.86. The molecule has 0 aliphatic carbocycles. The highest BCUT2D eigenvalue weighted by atomic mass is 19.4. The molecule has 0 fully saturated rings. The van der Waals surface area contributed by atoms with Crippen LogP contribution in [0.1, 0.15) is 37.3 Å². The van der Waals surface area contributed by atoms with Gasteiger partial charge in [-0.2, -0.15) is 0 Å². The molecule has 0 N–H and O–H groups in total. The Morgan fingerprint density at radius 2 is 1.51 bits per heavy atom. The zero-order valence-electron chi connectivity index (χ0n) is 20.4. The van der Waals surface area contributed by atoms with Gasteiger partial charge in [-0.1, -0.05) is 56.2 Å². The third-order valence-corrected chi connectivity index (χ3v) is 6.14. The summed E-state index contributed by atoms with van der Waals surface area (Å²) < 4.78 is 76.5. The summed E-state index contributed by atoms with van der Waals surface area (Å²) in [5, 5.41) is 1.07. The first-order chi connectivity index (χ1) is 17.7. The van der Waals surface area contributed by atoms with Crippen molar-refractivity contribution in [2.45, 2.75) is 45.4 Å². The van der Waals surface area contributed by atoms with E-state index in [0.717, 1.165) is 24.8 Å². The van der Waals surface area contributed by atoms with E-state index in [2.05, 4.69) is 11.7 Å². The Balaban J connectivity index is 1.45. The Bertz CT molecular complexity index is 1350. The van der Waals surface area contributed by atoms with E-state index in [1.807, 2.05) is 0 Å². The molecule has 0 aliphatic heterocycles. The number of fused-ring (bicyclic) bond motifs is 1. The number of hydrogen-bond donors (Lipinski definition) is 0. The van der Waals surface area contributed by atoms with Gasteiger partial charge in [-0.05, 0) is 71.7 Å². The molecule has 2 nitrogen and oxygen atoms in total. The maximum absolute atomic E-state index is 15.2. The zero-order valence-corrected chi connectivity index (χ0v) is 20.4. The number of benzene rings is 4. The summed E-state index contributed by atoms with van der Waals surface area (Å²) >= 11 is 0. The number of rotatable bonds is 10. The fourth-order valence-electron chi connectivity index (χ4n) is 4.20. The number of ether oxygens (including phenoxy) is 2. The fourth-order valence-corrected chi connectivity index (χ4v) is 4.20. The summed E-state index contributed by atoms with van der Waals surface area (Å²) in [7, 11) is 0. The molecule has 0 spiro atoms. The first kappa shape index (κ1) is 26.5. The molecule has 4 aromatic carbocycles. The van der Waals surface area contributed by atoms with Gasteiger partial charge in [-0.3, -0.25) is 0 Å². The van der Waals surface area contributed by atoms with Crippen LogP contribution in [-0.2, 0) is 12.8 Å². The fraction of sp³-hybridized carbons (Fsp3) is 0.267. The standard InChI is InChI=1S/C30H27F5O2/c1-2-3-4-17-36-25-14-16-26(28(31)19-25)22-11-15-27-23(18-22)10-9-21(29(27)32)8-5-20-6-12-24(13-7-20)37-30(33,34)35/h6-7,9-16,18-19H,2-5,8,17H2,1H3. The molecule has 0 heterocycles. The van der Waals surface area contributed by atoms with Gasteiger partial charge in [0.25, 0.3) is 0 Å². The molecular weight excluding hydrogens is 487 g/mol. The average Bonchev–Trinajstić information content (AvgIpc) is 2.86. The first-order valence-corrected chi connectivity index (χ1v) is 12.2. The van der Waals surface area contributed by atoms with Crippen molar-refractivity contribution < 1.29 is 31.4 Å². The van der Waals surface area contributed by atoms with E-state index in [9.17, 15) is 17.6 Å². The van der Waals surface area contributed by atoms with Gasteiger partial charge in [0.05, 0.1) is 6.61 Å². The summed E-state index contributed by atoms with van der Waals surface area (Å²) in [4.78, 5) is 0. The van der Waals surface area contributed by atoms with E-state index in [-0.39, 0.29) is 11.6 Å². The van der Waals surface area contributed by atoms with Gasteiger partial charge >= 0.3 is 6.36 Å². The van der Waals surface area contributed by atoms with Crippen LogP contribution in [0.4, 0.5) is 22.0 Å². The number of alkyl halides is 3. The Morgan fingerprint density at radius 3 is 2.22 bits per heavy atom. The predicted octanol–water partition coefficient (Wildman–Crippen LogP) is 9.04. The lowest BCUT2D eigenvalue weighted by Gasteiger charge is -2.11. The number of unbranched alkanes of at least 4 members (excludes halogenated alkanes) is 2.